The van der Waals surface area contributed by atoms with Crippen LogP contribution in [0.1, 0.15) is 12.8 Å². The van der Waals surface area contributed by atoms with Crippen molar-refractivity contribution in [3.63, 3.8) is 0 Å². The number of hydrogen-bond donors (Lipinski definition) is 1. The molecule has 3 atom stereocenters. The Hall–Kier alpha value is -0.170. The van der Waals surface area contributed by atoms with Crippen LogP contribution in [0.25, 0.3) is 0 Å². The standard InChI is InChI=1S/C12H20N2S/c1-2-8-15-9-5-13-12-4-7-14-6-3-11(12)10-14/h1,11-13H,3-10H2. The molecule has 0 saturated carbocycles. The van der Waals surface area contributed by atoms with Crippen molar-refractivity contribution in [2.75, 3.05) is 37.7 Å². The lowest BCUT2D eigenvalue weighted by Gasteiger charge is -2.31. The molecule has 15 heavy (non-hydrogen) atoms. The van der Waals surface area contributed by atoms with Gasteiger partial charge in [-0.25, -0.2) is 0 Å². The van der Waals surface area contributed by atoms with E-state index >= 15 is 0 Å². The van der Waals surface area contributed by atoms with Crippen LogP contribution in [0.4, 0.5) is 0 Å². The van der Waals surface area contributed by atoms with Gasteiger partial charge >= 0.3 is 0 Å². The quantitative estimate of drug-likeness (QED) is 0.555. The van der Waals surface area contributed by atoms with Crippen LogP contribution in [0.5, 0.6) is 0 Å². The van der Waals surface area contributed by atoms with Gasteiger partial charge in [0.05, 0.1) is 5.75 Å². The summed E-state index contributed by atoms with van der Waals surface area (Å²) >= 11 is 1.85. The van der Waals surface area contributed by atoms with Gasteiger partial charge in [0.15, 0.2) is 0 Å². The third-order valence-electron chi connectivity index (χ3n) is 3.47. The zero-order valence-electron chi connectivity index (χ0n) is 9.24. The third kappa shape index (κ3) is 3.14. The fraction of sp³-hybridized carbons (Fsp3) is 0.833. The summed E-state index contributed by atoms with van der Waals surface area (Å²) in [6, 6.07) is 0.773. The molecule has 2 aliphatic heterocycles. The van der Waals surface area contributed by atoms with Crippen LogP contribution in [0.15, 0.2) is 0 Å². The molecule has 2 bridgehead atoms. The van der Waals surface area contributed by atoms with E-state index in [4.69, 9.17) is 6.42 Å². The van der Waals surface area contributed by atoms with E-state index in [0.29, 0.717) is 0 Å². The maximum Gasteiger partial charge on any atom is 0.0545 e. The molecule has 2 fully saturated rings. The van der Waals surface area contributed by atoms with Gasteiger partial charge in [0, 0.05) is 24.9 Å². The first-order chi connectivity index (χ1) is 7.40. The smallest absolute Gasteiger partial charge is 0.0545 e. The van der Waals surface area contributed by atoms with Crippen molar-refractivity contribution in [3.8, 4) is 12.3 Å². The zero-order valence-corrected chi connectivity index (χ0v) is 10.1. The maximum absolute atomic E-state index is 5.21. The highest BCUT2D eigenvalue weighted by Crippen LogP contribution is 2.26. The summed E-state index contributed by atoms with van der Waals surface area (Å²) in [5.41, 5.74) is 0. The van der Waals surface area contributed by atoms with Crippen LogP contribution >= 0.6 is 11.8 Å². The van der Waals surface area contributed by atoms with Gasteiger partial charge in [0.1, 0.15) is 0 Å². The highest BCUT2D eigenvalue weighted by Gasteiger charge is 2.33. The molecule has 3 unspecified atom stereocenters. The van der Waals surface area contributed by atoms with Crippen molar-refractivity contribution in [3.05, 3.63) is 0 Å². The van der Waals surface area contributed by atoms with Gasteiger partial charge in [-0.05, 0) is 31.8 Å². The molecule has 3 heteroatoms. The van der Waals surface area contributed by atoms with E-state index in [0.717, 1.165) is 30.0 Å². The van der Waals surface area contributed by atoms with E-state index in [-0.39, 0.29) is 0 Å². The van der Waals surface area contributed by atoms with Crippen molar-refractivity contribution in [1.29, 1.82) is 0 Å². The lowest BCUT2D eigenvalue weighted by atomic mass is 9.94. The van der Waals surface area contributed by atoms with Crippen molar-refractivity contribution < 1.29 is 0 Å². The van der Waals surface area contributed by atoms with E-state index in [9.17, 15) is 0 Å². The second-order valence-electron chi connectivity index (χ2n) is 4.46. The molecule has 0 aliphatic carbocycles. The number of rotatable bonds is 5. The Bertz CT molecular complexity index is 236. The second-order valence-corrected chi connectivity index (χ2v) is 5.56. The molecule has 0 aromatic heterocycles. The first-order valence-electron chi connectivity index (χ1n) is 5.87. The minimum absolute atomic E-state index is 0.773. The van der Waals surface area contributed by atoms with Crippen molar-refractivity contribution in [1.82, 2.24) is 10.2 Å². The Morgan fingerprint density at radius 2 is 2.27 bits per heavy atom. The third-order valence-corrected chi connectivity index (χ3v) is 4.34. The Morgan fingerprint density at radius 1 is 1.40 bits per heavy atom. The van der Waals surface area contributed by atoms with Crippen LogP contribution in [0.2, 0.25) is 0 Å². The lowest BCUT2D eigenvalue weighted by Crippen LogP contribution is -2.44. The van der Waals surface area contributed by atoms with E-state index in [2.05, 4.69) is 16.1 Å². The predicted molar refractivity (Wildman–Crippen MR) is 67.1 cm³/mol. The Balaban J connectivity index is 1.61. The first-order valence-corrected chi connectivity index (χ1v) is 7.02. The lowest BCUT2D eigenvalue weighted by molar-refractivity contribution is 0.223. The highest BCUT2D eigenvalue weighted by molar-refractivity contribution is 7.99. The fourth-order valence-corrected chi connectivity index (χ4v) is 3.19. The molecule has 1 N–H and O–H groups in total. The average Bonchev–Trinajstić information content (AvgIpc) is 2.64. The van der Waals surface area contributed by atoms with Crippen LogP contribution in [0.3, 0.4) is 0 Å². The van der Waals surface area contributed by atoms with Gasteiger partial charge in [-0.15, -0.1) is 18.2 Å². The van der Waals surface area contributed by atoms with Gasteiger partial charge < -0.3 is 10.2 Å². The van der Waals surface area contributed by atoms with Crippen LogP contribution in [0, 0.1) is 18.3 Å². The molecule has 2 heterocycles. The van der Waals surface area contributed by atoms with Gasteiger partial charge in [-0.2, -0.15) is 0 Å². The minimum atomic E-state index is 0.773. The molecule has 0 amide bonds. The largest absolute Gasteiger partial charge is 0.313 e. The number of nitrogens with one attached hydrogen (secondary N) is 1. The average molecular weight is 224 g/mol. The molecule has 2 rings (SSSR count). The second kappa shape index (κ2) is 5.79. The van der Waals surface area contributed by atoms with Crippen molar-refractivity contribution >= 4 is 11.8 Å². The van der Waals surface area contributed by atoms with Crippen molar-refractivity contribution in [2.24, 2.45) is 5.92 Å². The van der Waals surface area contributed by atoms with Crippen molar-refractivity contribution in [2.45, 2.75) is 18.9 Å². The number of fused-ring (bicyclic) bond motifs is 2. The summed E-state index contributed by atoms with van der Waals surface area (Å²) in [6.45, 7) is 5.07. The van der Waals surface area contributed by atoms with E-state index < -0.39 is 0 Å². The zero-order chi connectivity index (χ0) is 10.5. The number of terminal acetylenes is 1. The van der Waals surface area contributed by atoms with Crippen LogP contribution in [-0.4, -0.2) is 48.6 Å². The predicted octanol–water partition coefficient (Wildman–Crippen LogP) is 1.04. The normalized spacial score (nSPS) is 33.9. The van der Waals surface area contributed by atoms with Crippen LogP contribution < -0.4 is 5.32 Å². The Morgan fingerprint density at radius 3 is 3.13 bits per heavy atom. The molecule has 2 aliphatic rings. The summed E-state index contributed by atoms with van der Waals surface area (Å²) in [7, 11) is 0. The van der Waals surface area contributed by atoms with Gasteiger partial charge in [0.25, 0.3) is 0 Å². The molecule has 2 nitrogen and oxygen atoms in total. The first kappa shape index (κ1) is 11.3. The monoisotopic (exact) mass is 224 g/mol. The fourth-order valence-electron chi connectivity index (χ4n) is 2.67. The Kier molecular flexibility index (Phi) is 4.37. The van der Waals surface area contributed by atoms with E-state index in [1.807, 2.05) is 11.8 Å². The molecule has 0 radical (unpaired) electrons. The summed E-state index contributed by atoms with van der Waals surface area (Å²) in [4.78, 5) is 2.59. The number of nitrogens with zero attached hydrogens (tertiary/aromatic N) is 1. The molecular weight excluding hydrogens is 204 g/mol. The summed E-state index contributed by atoms with van der Waals surface area (Å²) < 4.78 is 0. The number of hydrogen-bond acceptors (Lipinski definition) is 3. The molecule has 0 aromatic rings. The molecule has 0 aromatic carbocycles. The topological polar surface area (TPSA) is 15.3 Å². The minimum Gasteiger partial charge on any atom is -0.313 e. The van der Waals surface area contributed by atoms with E-state index in [1.165, 1.54) is 32.5 Å². The van der Waals surface area contributed by atoms with Gasteiger partial charge in [-0.3, -0.25) is 0 Å². The summed E-state index contributed by atoms with van der Waals surface area (Å²) in [5, 5.41) is 3.69. The summed E-state index contributed by atoms with van der Waals surface area (Å²) in [6.07, 6.45) is 7.94. The van der Waals surface area contributed by atoms with Crippen LogP contribution in [-0.2, 0) is 0 Å². The SMILES string of the molecule is C#CCSCCNC1CCN2CCC1C2. The van der Waals surface area contributed by atoms with Gasteiger partial charge in [0.2, 0.25) is 0 Å². The van der Waals surface area contributed by atoms with E-state index in [1.54, 1.807) is 0 Å². The molecule has 84 valence electrons. The maximum atomic E-state index is 5.21. The molecular formula is C12H20N2S. The molecule has 0 spiro atoms. The summed E-state index contributed by atoms with van der Waals surface area (Å²) in [5.74, 6) is 5.58. The number of piperidine rings is 1. The van der Waals surface area contributed by atoms with Gasteiger partial charge in [-0.1, -0.05) is 5.92 Å². The molecule has 2 saturated heterocycles. The number of thioether (sulfide) groups is 1. The Labute approximate surface area is 97.2 Å². The highest BCUT2D eigenvalue weighted by atomic mass is 32.2.